The molecule has 3 aromatic rings. The number of carbonyl (C=O) groups is 2. The Kier molecular flexibility index (Phi) is 8.04. The number of fused-ring (bicyclic) bond motifs is 1. The molecule has 0 bridgehead atoms. The Hall–Kier alpha value is -3.56. The Morgan fingerprint density at radius 2 is 1.81 bits per heavy atom. The van der Waals surface area contributed by atoms with E-state index in [-0.39, 0.29) is 11.5 Å². The Bertz CT molecular complexity index is 1310. The van der Waals surface area contributed by atoms with Gasteiger partial charge in [-0.25, -0.2) is 9.59 Å². The first-order valence-electron chi connectivity index (χ1n) is 12.2. The van der Waals surface area contributed by atoms with Crippen LogP contribution in [0.25, 0.3) is 10.9 Å². The van der Waals surface area contributed by atoms with Gasteiger partial charge in [0.25, 0.3) is 0 Å². The maximum atomic E-state index is 13.3. The van der Waals surface area contributed by atoms with Crippen LogP contribution >= 0.6 is 11.6 Å². The van der Waals surface area contributed by atoms with Gasteiger partial charge in [-0.3, -0.25) is 4.79 Å². The van der Waals surface area contributed by atoms with Crippen LogP contribution in [0, 0.1) is 0 Å². The fraction of sp³-hybridized carbons (Fsp3) is 0.370. The highest BCUT2D eigenvalue weighted by Crippen LogP contribution is 2.22. The molecule has 196 valence electrons. The summed E-state index contributed by atoms with van der Waals surface area (Å²) in [6.07, 6.45) is 2.05. The summed E-state index contributed by atoms with van der Waals surface area (Å²) in [4.78, 5) is 46.7. The predicted molar refractivity (Wildman–Crippen MR) is 141 cm³/mol. The van der Waals surface area contributed by atoms with Crippen molar-refractivity contribution in [3.05, 3.63) is 81.1 Å². The maximum absolute atomic E-state index is 13.3. The lowest BCUT2D eigenvalue weighted by Crippen LogP contribution is -2.49. The number of aromatic amines is 1. The number of benzene rings is 2. The van der Waals surface area contributed by atoms with Crippen molar-refractivity contribution in [2.24, 2.45) is 0 Å². The van der Waals surface area contributed by atoms with Crippen LogP contribution in [0.3, 0.4) is 0 Å². The minimum atomic E-state index is -0.745. The molecule has 1 unspecified atom stereocenters. The van der Waals surface area contributed by atoms with Crippen LogP contribution < -0.4 is 16.1 Å². The summed E-state index contributed by atoms with van der Waals surface area (Å²) >= 11 is 6.07. The van der Waals surface area contributed by atoms with Gasteiger partial charge in [0.15, 0.2) is 5.43 Å². The molecular weight excluding hydrogens is 496 g/mol. The van der Waals surface area contributed by atoms with Gasteiger partial charge < -0.3 is 25.2 Å². The van der Waals surface area contributed by atoms with Crippen LogP contribution in [0.5, 0.6) is 0 Å². The molecule has 2 amide bonds. The molecule has 0 radical (unpaired) electrons. The summed E-state index contributed by atoms with van der Waals surface area (Å²) in [6.45, 7) is 6.23. The lowest BCUT2D eigenvalue weighted by molar-refractivity contribution is -0.152. The molecule has 1 saturated heterocycles. The molecule has 1 aliphatic rings. The number of carbonyl (C=O) groups excluding carboxylic acids is 2. The van der Waals surface area contributed by atoms with Crippen molar-refractivity contribution >= 4 is 34.7 Å². The first kappa shape index (κ1) is 26.5. The predicted octanol–water partition coefficient (Wildman–Crippen LogP) is 4.90. The third-order valence-electron chi connectivity index (χ3n) is 5.97. The van der Waals surface area contributed by atoms with Crippen molar-refractivity contribution in [1.29, 1.82) is 0 Å². The van der Waals surface area contributed by atoms with Crippen molar-refractivity contribution in [2.45, 2.75) is 51.3 Å². The highest BCUT2D eigenvalue weighted by molar-refractivity contribution is 6.31. The molecule has 0 spiro atoms. The van der Waals surface area contributed by atoms with Gasteiger partial charge in [-0.2, -0.15) is 0 Å². The zero-order chi connectivity index (χ0) is 26.6. The SMILES string of the molecule is CC(C)(C)OC(=O)ON1CCC(NC(=O)NC(c2ccccc2)c2c[nH]c3cc(Cl)ccc3c2=O)CC1. The van der Waals surface area contributed by atoms with Crippen LogP contribution in [0.15, 0.2) is 59.5 Å². The lowest BCUT2D eigenvalue weighted by Gasteiger charge is -2.31. The number of aromatic nitrogens is 1. The van der Waals surface area contributed by atoms with Gasteiger partial charge in [0, 0.05) is 41.3 Å². The number of H-pyrrole nitrogens is 1. The van der Waals surface area contributed by atoms with Gasteiger partial charge in [-0.15, -0.1) is 5.06 Å². The minimum absolute atomic E-state index is 0.119. The number of ether oxygens (including phenoxy) is 1. The normalized spacial score (nSPS) is 15.7. The number of hydrogen-bond acceptors (Lipinski definition) is 6. The largest absolute Gasteiger partial charge is 0.528 e. The van der Waals surface area contributed by atoms with Crippen LogP contribution in [-0.2, 0) is 9.57 Å². The molecule has 1 atom stereocenters. The van der Waals surface area contributed by atoms with Crippen LogP contribution in [0.2, 0.25) is 5.02 Å². The quantitative estimate of drug-likeness (QED) is 0.407. The molecular formula is C27H31ClN4O5. The van der Waals surface area contributed by atoms with Crippen LogP contribution in [0.4, 0.5) is 9.59 Å². The lowest BCUT2D eigenvalue weighted by atomic mass is 9.98. The second-order valence-electron chi connectivity index (χ2n) is 9.98. The average molecular weight is 527 g/mol. The summed E-state index contributed by atoms with van der Waals surface area (Å²) in [7, 11) is 0. The molecule has 1 aromatic heterocycles. The number of nitrogens with one attached hydrogen (secondary N) is 3. The summed E-state index contributed by atoms with van der Waals surface area (Å²) < 4.78 is 5.18. The Morgan fingerprint density at radius 1 is 1.11 bits per heavy atom. The van der Waals surface area contributed by atoms with E-state index in [1.807, 2.05) is 30.3 Å². The van der Waals surface area contributed by atoms with Gasteiger partial charge in [-0.1, -0.05) is 41.9 Å². The topological polar surface area (TPSA) is 113 Å². The van der Waals surface area contributed by atoms with E-state index in [0.717, 1.165) is 5.56 Å². The Morgan fingerprint density at radius 3 is 2.49 bits per heavy atom. The van der Waals surface area contributed by atoms with E-state index in [2.05, 4.69) is 15.6 Å². The fourth-order valence-corrected chi connectivity index (χ4v) is 4.41. The second-order valence-corrected chi connectivity index (χ2v) is 10.4. The van der Waals surface area contributed by atoms with E-state index < -0.39 is 23.8 Å². The highest BCUT2D eigenvalue weighted by Gasteiger charge is 2.27. The monoisotopic (exact) mass is 526 g/mol. The molecule has 2 heterocycles. The van der Waals surface area contributed by atoms with Crippen molar-refractivity contribution in [1.82, 2.24) is 20.7 Å². The number of halogens is 1. The molecule has 1 aliphatic heterocycles. The zero-order valence-electron chi connectivity index (χ0n) is 21.0. The highest BCUT2D eigenvalue weighted by atomic mass is 35.5. The summed E-state index contributed by atoms with van der Waals surface area (Å²) in [6, 6.07) is 13.2. The third kappa shape index (κ3) is 7.02. The molecule has 10 heteroatoms. The number of hydroxylamine groups is 2. The molecule has 4 rings (SSSR count). The number of nitrogens with zero attached hydrogens (tertiary/aromatic N) is 1. The van der Waals surface area contributed by atoms with Gasteiger partial charge in [-0.05, 0) is 57.4 Å². The maximum Gasteiger partial charge on any atom is 0.528 e. The standard InChI is InChI=1S/C27H31ClN4O5/c1-27(2,3)36-26(35)37-32-13-11-19(12-14-32)30-25(34)31-23(17-7-5-4-6-8-17)21-16-29-22-15-18(28)9-10-20(22)24(21)33/h4-10,15-16,19,23H,11-14H2,1-3H3,(H,29,33)(H2,30,31,34). The first-order chi connectivity index (χ1) is 17.6. The smallest absolute Gasteiger partial charge is 0.427 e. The first-order valence-corrected chi connectivity index (χ1v) is 12.6. The number of urea groups is 1. The van der Waals surface area contributed by atoms with Gasteiger partial charge in [0.05, 0.1) is 11.6 Å². The van der Waals surface area contributed by atoms with Crippen LogP contribution in [0.1, 0.15) is 50.8 Å². The van der Waals surface area contributed by atoms with E-state index >= 15 is 0 Å². The average Bonchev–Trinajstić information content (AvgIpc) is 2.83. The van der Waals surface area contributed by atoms with E-state index in [1.165, 1.54) is 5.06 Å². The van der Waals surface area contributed by atoms with Gasteiger partial charge in [0.1, 0.15) is 5.60 Å². The minimum Gasteiger partial charge on any atom is -0.427 e. The van der Waals surface area contributed by atoms with E-state index in [1.54, 1.807) is 45.2 Å². The summed E-state index contributed by atoms with van der Waals surface area (Å²) in [5, 5.41) is 8.51. The molecule has 3 N–H and O–H groups in total. The summed E-state index contributed by atoms with van der Waals surface area (Å²) in [5.74, 6) is 0. The van der Waals surface area contributed by atoms with E-state index in [9.17, 15) is 14.4 Å². The Labute approximate surface area is 220 Å². The van der Waals surface area contributed by atoms with Crippen LogP contribution in [-0.4, -0.2) is 47.0 Å². The van der Waals surface area contributed by atoms with Crippen molar-refractivity contribution in [3.63, 3.8) is 0 Å². The van der Waals surface area contributed by atoms with Crippen molar-refractivity contribution in [3.8, 4) is 0 Å². The molecule has 9 nitrogen and oxygen atoms in total. The number of pyridine rings is 1. The fourth-order valence-electron chi connectivity index (χ4n) is 4.23. The molecule has 1 fully saturated rings. The van der Waals surface area contributed by atoms with Crippen molar-refractivity contribution in [2.75, 3.05) is 13.1 Å². The number of piperidine rings is 1. The van der Waals surface area contributed by atoms with E-state index in [4.69, 9.17) is 21.2 Å². The molecule has 0 saturated carbocycles. The molecule has 37 heavy (non-hydrogen) atoms. The zero-order valence-corrected chi connectivity index (χ0v) is 21.8. The molecule has 2 aromatic carbocycles. The van der Waals surface area contributed by atoms with Gasteiger partial charge >= 0.3 is 12.2 Å². The van der Waals surface area contributed by atoms with Crippen molar-refractivity contribution < 1.29 is 19.2 Å². The van der Waals surface area contributed by atoms with Gasteiger partial charge in [0.2, 0.25) is 0 Å². The third-order valence-corrected chi connectivity index (χ3v) is 6.21. The summed E-state index contributed by atoms with van der Waals surface area (Å²) in [5.41, 5.74) is 0.989. The van der Waals surface area contributed by atoms with E-state index in [0.29, 0.717) is 47.4 Å². The number of rotatable bonds is 5. The molecule has 0 aliphatic carbocycles. The Balaban J connectivity index is 1.43. The number of amides is 2. The second kappa shape index (κ2) is 11.2. The number of hydrogen-bond donors (Lipinski definition) is 3.